The number of aliphatic imine (C=N–C) groups is 1. The fraction of sp³-hybridized carbons (Fsp3) is 0.176. The highest BCUT2D eigenvalue weighted by Crippen LogP contribution is 2.23. The Kier molecular flexibility index (Phi) is 4.46. The number of halogens is 2. The second-order valence-electron chi connectivity index (χ2n) is 4.98. The van der Waals surface area contributed by atoms with Crippen LogP contribution >= 0.6 is 23.2 Å². The molecule has 0 saturated carbocycles. The fourth-order valence-corrected chi connectivity index (χ4v) is 2.80. The number of aryl methyl sites for hydroxylation is 1. The molecule has 0 saturated heterocycles. The van der Waals surface area contributed by atoms with E-state index in [9.17, 15) is 0 Å². The summed E-state index contributed by atoms with van der Waals surface area (Å²) < 4.78 is 2.12. The minimum Gasteiger partial charge on any atom is -0.308 e. The highest BCUT2D eigenvalue weighted by molar-refractivity contribution is 6.36. The molecule has 0 bridgehead atoms. The molecule has 3 rings (SSSR count). The van der Waals surface area contributed by atoms with E-state index < -0.39 is 0 Å². The molecule has 0 aliphatic rings. The molecular formula is C17H15Cl2N3. The van der Waals surface area contributed by atoms with Crippen molar-refractivity contribution in [3.05, 3.63) is 58.1 Å². The molecule has 3 aromatic rings. The van der Waals surface area contributed by atoms with Gasteiger partial charge in [0.1, 0.15) is 0 Å². The summed E-state index contributed by atoms with van der Waals surface area (Å²) in [5.74, 6) is 0.689. The lowest BCUT2D eigenvalue weighted by atomic mass is 10.2. The molecule has 1 heterocycles. The summed E-state index contributed by atoms with van der Waals surface area (Å²) in [6, 6.07) is 13.4. The first-order valence-corrected chi connectivity index (χ1v) is 7.89. The Hall–Kier alpha value is -1.84. The van der Waals surface area contributed by atoms with Gasteiger partial charge in [-0.05, 0) is 30.7 Å². The van der Waals surface area contributed by atoms with Gasteiger partial charge in [0.2, 0.25) is 5.95 Å². The maximum Gasteiger partial charge on any atom is 0.230 e. The van der Waals surface area contributed by atoms with Gasteiger partial charge >= 0.3 is 0 Å². The van der Waals surface area contributed by atoms with Crippen LogP contribution in [0, 0.1) is 0 Å². The van der Waals surface area contributed by atoms with Gasteiger partial charge in [0.15, 0.2) is 0 Å². The molecule has 0 spiro atoms. The molecule has 112 valence electrons. The summed E-state index contributed by atoms with van der Waals surface area (Å²) in [4.78, 5) is 9.11. The van der Waals surface area contributed by atoms with E-state index in [0.717, 1.165) is 29.6 Å². The first kappa shape index (κ1) is 15.1. The number of hydrogen-bond donors (Lipinski definition) is 0. The molecule has 0 radical (unpaired) electrons. The molecule has 0 amide bonds. The Balaban J connectivity index is 2.02. The molecule has 0 unspecified atom stereocenters. The van der Waals surface area contributed by atoms with Gasteiger partial charge < -0.3 is 4.57 Å². The van der Waals surface area contributed by atoms with Crippen molar-refractivity contribution in [3.8, 4) is 0 Å². The van der Waals surface area contributed by atoms with E-state index in [1.807, 2.05) is 24.3 Å². The van der Waals surface area contributed by atoms with Gasteiger partial charge in [-0.1, -0.05) is 48.3 Å². The van der Waals surface area contributed by atoms with E-state index in [2.05, 4.69) is 27.5 Å². The third kappa shape index (κ3) is 3.01. The molecule has 0 fully saturated rings. The van der Waals surface area contributed by atoms with Crippen LogP contribution in [-0.2, 0) is 6.54 Å². The van der Waals surface area contributed by atoms with Crippen LogP contribution in [0.5, 0.6) is 0 Å². The van der Waals surface area contributed by atoms with Gasteiger partial charge in [-0.25, -0.2) is 9.98 Å². The number of aromatic nitrogens is 2. The molecule has 0 N–H and O–H groups in total. The lowest BCUT2D eigenvalue weighted by Crippen LogP contribution is -1.96. The van der Waals surface area contributed by atoms with Crippen molar-refractivity contribution in [2.75, 3.05) is 0 Å². The number of rotatable bonds is 4. The molecule has 0 aliphatic carbocycles. The fourth-order valence-electron chi connectivity index (χ4n) is 2.34. The Morgan fingerprint density at radius 3 is 2.77 bits per heavy atom. The van der Waals surface area contributed by atoms with Crippen molar-refractivity contribution in [1.82, 2.24) is 9.55 Å². The van der Waals surface area contributed by atoms with E-state index in [-0.39, 0.29) is 0 Å². The van der Waals surface area contributed by atoms with E-state index >= 15 is 0 Å². The second kappa shape index (κ2) is 6.51. The molecule has 1 aromatic heterocycles. The van der Waals surface area contributed by atoms with E-state index in [1.54, 1.807) is 18.3 Å². The highest BCUT2D eigenvalue weighted by Gasteiger charge is 2.08. The number of hydrogen-bond acceptors (Lipinski definition) is 2. The Bertz CT molecular complexity index is 837. The summed E-state index contributed by atoms with van der Waals surface area (Å²) in [7, 11) is 0. The van der Waals surface area contributed by atoms with E-state index in [0.29, 0.717) is 16.0 Å². The Labute approximate surface area is 139 Å². The number of imidazole rings is 1. The number of fused-ring (bicyclic) bond motifs is 1. The van der Waals surface area contributed by atoms with Gasteiger partial charge in [-0.15, -0.1) is 0 Å². The third-order valence-corrected chi connectivity index (χ3v) is 3.93. The third-order valence-electron chi connectivity index (χ3n) is 3.36. The number of benzene rings is 2. The van der Waals surface area contributed by atoms with Crippen LogP contribution in [0.3, 0.4) is 0 Å². The first-order valence-electron chi connectivity index (χ1n) is 7.13. The van der Waals surface area contributed by atoms with Crippen LogP contribution in [0.15, 0.2) is 47.5 Å². The van der Waals surface area contributed by atoms with Crippen molar-refractivity contribution in [3.63, 3.8) is 0 Å². The Morgan fingerprint density at radius 2 is 2.00 bits per heavy atom. The quantitative estimate of drug-likeness (QED) is 0.580. The maximum absolute atomic E-state index is 6.17. The summed E-state index contributed by atoms with van der Waals surface area (Å²) in [6.07, 6.45) is 2.75. The lowest BCUT2D eigenvalue weighted by molar-refractivity contribution is 0.701. The predicted molar refractivity (Wildman–Crippen MR) is 93.7 cm³/mol. The summed E-state index contributed by atoms with van der Waals surface area (Å²) in [6.45, 7) is 3.01. The van der Waals surface area contributed by atoms with E-state index in [4.69, 9.17) is 23.2 Å². The molecule has 0 atom stereocenters. The van der Waals surface area contributed by atoms with Crippen molar-refractivity contribution < 1.29 is 0 Å². The zero-order valence-electron chi connectivity index (χ0n) is 12.1. The van der Waals surface area contributed by atoms with Crippen molar-refractivity contribution in [2.45, 2.75) is 19.9 Å². The van der Waals surface area contributed by atoms with Crippen LogP contribution in [-0.4, -0.2) is 15.8 Å². The van der Waals surface area contributed by atoms with Crippen LogP contribution in [0.4, 0.5) is 5.95 Å². The first-order chi connectivity index (χ1) is 10.7. The average Bonchev–Trinajstić information content (AvgIpc) is 2.85. The van der Waals surface area contributed by atoms with E-state index in [1.165, 1.54) is 0 Å². The monoisotopic (exact) mass is 331 g/mol. The van der Waals surface area contributed by atoms with Crippen LogP contribution in [0.25, 0.3) is 11.0 Å². The SMILES string of the molecule is CCCn1c(/N=C/c2ccc(Cl)cc2Cl)nc2ccccc21. The van der Waals surface area contributed by atoms with Crippen LogP contribution in [0.1, 0.15) is 18.9 Å². The molecule has 22 heavy (non-hydrogen) atoms. The van der Waals surface area contributed by atoms with Gasteiger partial charge in [-0.2, -0.15) is 0 Å². The maximum atomic E-state index is 6.17. The number of para-hydroxylation sites is 2. The van der Waals surface area contributed by atoms with Crippen molar-refractivity contribution in [1.29, 1.82) is 0 Å². The summed E-state index contributed by atoms with van der Waals surface area (Å²) in [5.41, 5.74) is 2.87. The van der Waals surface area contributed by atoms with Gasteiger partial charge in [0.05, 0.1) is 16.1 Å². The molecule has 5 heteroatoms. The number of nitrogens with zero attached hydrogens (tertiary/aromatic N) is 3. The van der Waals surface area contributed by atoms with Crippen molar-refractivity contribution in [2.24, 2.45) is 4.99 Å². The van der Waals surface area contributed by atoms with Gasteiger partial charge in [0, 0.05) is 23.3 Å². The Morgan fingerprint density at radius 1 is 1.18 bits per heavy atom. The highest BCUT2D eigenvalue weighted by atomic mass is 35.5. The van der Waals surface area contributed by atoms with Gasteiger partial charge in [0.25, 0.3) is 0 Å². The molecule has 2 aromatic carbocycles. The minimum absolute atomic E-state index is 0.578. The summed E-state index contributed by atoms with van der Waals surface area (Å²) in [5, 5.41) is 1.19. The average molecular weight is 332 g/mol. The van der Waals surface area contributed by atoms with Gasteiger partial charge in [-0.3, -0.25) is 0 Å². The van der Waals surface area contributed by atoms with Crippen LogP contribution in [0.2, 0.25) is 10.0 Å². The largest absolute Gasteiger partial charge is 0.308 e. The standard InChI is InChI=1S/C17H15Cl2N3/c1-2-9-22-16-6-4-3-5-15(16)21-17(22)20-11-12-7-8-13(18)10-14(12)19/h3-8,10-11H,2,9H2,1H3/b20-11+. The summed E-state index contributed by atoms with van der Waals surface area (Å²) >= 11 is 12.1. The normalized spacial score (nSPS) is 11.6. The molecular weight excluding hydrogens is 317 g/mol. The molecule has 0 aliphatic heterocycles. The zero-order valence-corrected chi connectivity index (χ0v) is 13.6. The smallest absolute Gasteiger partial charge is 0.230 e. The second-order valence-corrected chi connectivity index (χ2v) is 5.82. The molecule has 3 nitrogen and oxygen atoms in total. The van der Waals surface area contributed by atoms with Crippen LogP contribution < -0.4 is 0 Å². The minimum atomic E-state index is 0.578. The predicted octanol–water partition coefficient (Wildman–Crippen LogP) is 5.50. The zero-order chi connectivity index (χ0) is 15.5. The lowest BCUT2D eigenvalue weighted by Gasteiger charge is -2.04. The topological polar surface area (TPSA) is 30.2 Å². The van der Waals surface area contributed by atoms with Crippen molar-refractivity contribution >= 4 is 46.4 Å².